The normalized spacial score (nSPS) is 25.6. The van der Waals surface area contributed by atoms with Crippen LogP contribution in [0.2, 0.25) is 0 Å². The average molecular weight is 144 g/mol. The lowest BCUT2D eigenvalue weighted by Gasteiger charge is -2.04. The quantitative estimate of drug-likeness (QED) is 0.429. The Labute approximate surface area is 60.3 Å². The minimum absolute atomic E-state index is 0.150. The number of rotatable bonds is 3. The molecule has 1 aliphatic rings. The van der Waals surface area contributed by atoms with Crippen molar-refractivity contribution in [1.29, 1.82) is 0 Å². The highest BCUT2D eigenvalue weighted by Crippen LogP contribution is 2.22. The molecule has 1 saturated heterocycles. The monoisotopic (exact) mass is 144 g/mol. The van der Waals surface area contributed by atoms with E-state index < -0.39 is 0 Å². The number of hydrogen-bond acceptors (Lipinski definition) is 3. The zero-order chi connectivity index (χ0) is 7.56. The summed E-state index contributed by atoms with van der Waals surface area (Å²) < 4.78 is 9.51. The van der Waals surface area contributed by atoms with Gasteiger partial charge in [-0.2, -0.15) is 0 Å². The molecule has 1 rings (SSSR count). The predicted molar refractivity (Wildman–Crippen MR) is 35.5 cm³/mol. The molecular weight excluding hydrogens is 132 g/mol. The molecule has 58 valence electrons. The highest BCUT2D eigenvalue weighted by atomic mass is 16.6. The van der Waals surface area contributed by atoms with E-state index in [1.54, 1.807) is 0 Å². The Morgan fingerprint density at radius 2 is 2.50 bits per heavy atom. The van der Waals surface area contributed by atoms with E-state index in [2.05, 4.69) is 4.74 Å². The molecule has 0 bridgehead atoms. The van der Waals surface area contributed by atoms with Gasteiger partial charge in [-0.05, 0) is 5.92 Å². The van der Waals surface area contributed by atoms with Crippen LogP contribution in [-0.2, 0) is 14.3 Å². The smallest absolute Gasteiger partial charge is 0.305 e. The minimum Gasteiger partial charge on any atom is -0.469 e. The summed E-state index contributed by atoms with van der Waals surface area (Å²) in [5.41, 5.74) is 0. The molecule has 0 N–H and O–H groups in total. The summed E-state index contributed by atoms with van der Waals surface area (Å²) in [6, 6.07) is 0. The van der Waals surface area contributed by atoms with Crippen molar-refractivity contribution in [1.82, 2.24) is 0 Å². The number of epoxide rings is 1. The summed E-state index contributed by atoms with van der Waals surface area (Å²) in [4.78, 5) is 10.7. The molecule has 0 aromatic carbocycles. The zero-order valence-electron chi connectivity index (χ0n) is 6.29. The molecule has 0 aromatic heterocycles. The van der Waals surface area contributed by atoms with E-state index in [1.807, 2.05) is 6.92 Å². The van der Waals surface area contributed by atoms with Gasteiger partial charge in [-0.25, -0.2) is 0 Å². The number of hydrogen-bond donors (Lipinski definition) is 0. The highest BCUT2D eigenvalue weighted by Gasteiger charge is 2.30. The molecule has 0 spiro atoms. The lowest BCUT2D eigenvalue weighted by atomic mass is 10.1. The summed E-state index contributed by atoms with van der Waals surface area (Å²) in [6.45, 7) is 2.80. The lowest BCUT2D eigenvalue weighted by Crippen LogP contribution is -2.11. The van der Waals surface area contributed by atoms with Crippen molar-refractivity contribution in [2.45, 2.75) is 19.4 Å². The van der Waals surface area contributed by atoms with Crippen LogP contribution in [0.5, 0.6) is 0 Å². The topological polar surface area (TPSA) is 38.8 Å². The second-order valence-electron chi connectivity index (χ2n) is 2.63. The van der Waals surface area contributed by atoms with Gasteiger partial charge < -0.3 is 9.47 Å². The number of ether oxygens (including phenoxy) is 2. The molecule has 3 nitrogen and oxygen atoms in total. The Bertz CT molecular complexity index is 129. The van der Waals surface area contributed by atoms with Crippen LogP contribution in [0.25, 0.3) is 0 Å². The van der Waals surface area contributed by atoms with Crippen LogP contribution in [0.3, 0.4) is 0 Å². The number of methoxy groups -OCH3 is 1. The van der Waals surface area contributed by atoms with Crippen molar-refractivity contribution in [3.8, 4) is 0 Å². The van der Waals surface area contributed by atoms with Crippen molar-refractivity contribution in [3.63, 3.8) is 0 Å². The first kappa shape index (κ1) is 7.54. The van der Waals surface area contributed by atoms with Crippen molar-refractivity contribution < 1.29 is 14.3 Å². The first-order valence-corrected chi connectivity index (χ1v) is 3.42. The molecule has 0 radical (unpaired) electrons. The Hall–Kier alpha value is -0.570. The third kappa shape index (κ3) is 1.99. The third-order valence-electron chi connectivity index (χ3n) is 1.71. The van der Waals surface area contributed by atoms with Gasteiger partial charge >= 0.3 is 5.97 Å². The van der Waals surface area contributed by atoms with Crippen LogP contribution in [0.4, 0.5) is 0 Å². The fourth-order valence-corrected chi connectivity index (χ4v) is 0.862. The Balaban J connectivity index is 2.16. The third-order valence-corrected chi connectivity index (χ3v) is 1.71. The van der Waals surface area contributed by atoms with Gasteiger partial charge in [-0.15, -0.1) is 0 Å². The van der Waals surface area contributed by atoms with Crippen molar-refractivity contribution in [2.75, 3.05) is 13.7 Å². The summed E-state index contributed by atoms with van der Waals surface area (Å²) >= 11 is 0. The lowest BCUT2D eigenvalue weighted by molar-refractivity contribution is -0.141. The Morgan fingerprint density at radius 3 is 2.90 bits per heavy atom. The number of esters is 1. The van der Waals surface area contributed by atoms with Crippen molar-refractivity contribution >= 4 is 5.97 Å². The molecule has 10 heavy (non-hydrogen) atoms. The molecule has 1 heterocycles. The van der Waals surface area contributed by atoms with Crippen LogP contribution in [-0.4, -0.2) is 25.8 Å². The molecule has 0 amide bonds. The van der Waals surface area contributed by atoms with Crippen LogP contribution < -0.4 is 0 Å². The van der Waals surface area contributed by atoms with E-state index in [-0.39, 0.29) is 5.97 Å². The van der Waals surface area contributed by atoms with Crippen LogP contribution in [0, 0.1) is 5.92 Å². The van der Waals surface area contributed by atoms with E-state index in [1.165, 1.54) is 7.11 Å². The summed E-state index contributed by atoms with van der Waals surface area (Å²) in [7, 11) is 1.41. The van der Waals surface area contributed by atoms with Crippen molar-refractivity contribution in [3.05, 3.63) is 0 Å². The summed E-state index contributed by atoms with van der Waals surface area (Å²) in [5, 5.41) is 0. The van der Waals surface area contributed by atoms with E-state index >= 15 is 0 Å². The van der Waals surface area contributed by atoms with Crippen molar-refractivity contribution in [2.24, 2.45) is 5.92 Å². The molecule has 0 aromatic rings. The van der Waals surface area contributed by atoms with Gasteiger partial charge in [0.25, 0.3) is 0 Å². The van der Waals surface area contributed by atoms with Crippen LogP contribution in [0.1, 0.15) is 13.3 Å². The fraction of sp³-hybridized carbons (Fsp3) is 0.857. The first-order chi connectivity index (χ1) is 4.74. The maximum atomic E-state index is 10.7. The molecule has 3 heteroatoms. The highest BCUT2D eigenvalue weighted by molar-refractivity contribution is 5.69. The molecule has 0 saturated carbocycles. The predicted octanol–water partition coefficient (Wildman–Crippen LogP) is 0.584. The molecular formula is C7H12O3. The number of carbonyl (C=O) groups excluding carboxylic acids is 1. The number of carbonyl (C=O) groups is 1. The maximum absolute atomic E-state index is 10.7. The molecule has 0 aliphatic carbocycles. The standard InChI is InChI=1S/C7H12O3/c1-5(6-4-10-6)3-7(8)9-2/h5-6H,3-4H2,1-2H3/t5?,6-/m1/s1. The second kappa shape index (κ2) is 3.01. The van der Waals surface area contributed by atoms with Gasteiger partial charge in [0.1, 0.15) is 0 Å². The fourth-order valence-electron chi connectivity index (χ4n) is 0.862. The summed E-state index contributed by atoms with van der Waals surface area (Å²) in [5.74, 6) is 0.162. The average Bonchev–Trinajstić information content (AvgIpc) is 2.68. The van der Waals surface area contributed by atoms with Gasteiger partial charge in [-0.1, -0.05) is 6.92 Å². The van der Waals surface area contributed by atoms with Gasteiger partial charge in [0.15, 0.2) is 0 Å². The molecule has 1 aliphatic heterocycles. The van der Waals surface area contributed by atoms with E-state index in [0.29, 0.717) is 18.4 Å². The van der Waals surface area contributed by atoms with Gasteiger partial charge in [-0.3, -0.25) is 4.79 Å². The zero-order valence-corrected chi connectivity index (χ0v) is 6.29. The summed E-state index contributed by atoms with van der Waals surface area (Å²) in [6.07, 6.45) is 0.778. The SMILES string of the molecule is COC(=O)CC(C)[C@H]1CO1. The van der Waals surface area contributed by atoms with E-state index in [4.69, 9.17) is 4.74 Å². The van der Waals surface area contributed by atoms with Crippen LogP contribution >= 0.6 is 0 Å². The second-order valence-corrected chi connectivity index (χ2v) is 2.63. The first-order valence-electron chi connectivity index (χ1n) is 3.42. The maximum Gasteiger partial charge on any atom is 0.305 e. The molecule has 1 unspecified atom stereocenters. The van der Waals surface area contributed by atoms with E-state index in [9.17, 15) is 4.79 Å². The Kier molecular flexibility index (Phi) is 2.27. The van der Waals surface area contributed by atoms with Gasteiger partial charge in [0.2, 0.25) is 0 Å². The van der Waals surface area contributed by atoms with Gasteiger partial charge in [0.05, 0.1) is 26.2 Å². The Morgan fingerprint density at radius 1 is 1.90 bits per heavy atom. The van der Waals surface area contributed by atoms with Crippen LogP contribution in [0.15, 0.2) is 0 Å². The minimum atomic E-state index is -0.150. The van der Waals surface area contributed by atoms with E-state index in [0.717, 1.165) is 6.61 Å². The van der Waals surface area contributed by atoms with Gasteiger partial charge in [0, 0.05) is 0 Å². The largest absolute Gasteiger partial charge is 0.469 e. The molecule has 2 atom stereocenters. The molecule has 1 fully saturated rings.